The fraction of sp³-hybridized carbons (Fsp3) is 0.308. The van der Waals surface area contributed by atoms with E-state index in [1.807, 2.05) is 23.8 Å². The third-order valence-electron chi connectivity index (χ3n) is 2.68. The lowest BCUT2D eigenvalue weighted by atomic mass is 10.2. The molecule has 0 saturated carbocycles. The second kappa shape index (κ2) is 5.48. The van der Waals surface area contributed by atoms with E-state index in [-0.39, 0.29) is 5.82 Å². The monoisotopic (exact) mass is 233 g/mol. The van der Waals surface area contributed by atoms with Crippen molar-refractivity contribution < 1.29 is 4.39 Å². The molecule has 0 aliphatic heterocycles. The normalized spacial score (nSPS) is 10.5. The molecule has 0 atom stereocenters. The molecule has 2 aromatic rings. The first-order chi connectivity index (χ1) is 8.27. The first-order valence-corrected chi connectivity index (χ1v) is 5.72. The Labute approximate surface area is 100 Å². The summed E-state index contributed by atoms with van der Waals surface area (Å²) >= 11 is 0. The van der Waals surface area contributed by atoms with Crippen molar-refractivity contribution in [2.24, 2.45) is 0 Å². The molecule has 3 nitrogen and oxygen atoms in total. The predicted octanol–water partition coefficient (Wildman–Crippen LogP) is 2.83. The topological polar surface area (TPSA) is 29.9 Å². The van der Waals surface area contributed by atoms with Gasteiger partial charge < -0.3 is 9.88 Å². The van der Waals surface area contributed by atoms with Crippen LogP contribution in [0.2, 0.25) is 0 Å². The van der Waals surface area contributed by atoms with E-state index in [1.165, 1.54) is 6.07 Å². The number of para-hydroxylation sites is 1. The van der Waals surface area contributed by atoms with E-state index in [2.05, 4.69) is 10.3 Å². The molecule has 2 rings (SSSR count). The van der Waals surface area contributed by atoms with Crippen LogP contribution in [0.5, 0.6) is 0 Å². The van der Waals surface area contributed by atoms with Gasteiger partial charge in [-0.25, -0.2) is 9.37 Å². The quantitative estimate of drug-likeness (QED) is 0.805. The smallest absolute Gasteiger partial charge is 0.146 e. The molecule has 0 saturated heterocycles. The van der Waals surface area contributed by atoms with E-state index < -0.39 is 0 Å². The fourth-order valence-corrected chi connectivity index (χ4v) is 1.75. The fourth-order valence-electron chi connectivity index (χ4n) is 1.75. The van der Waals surface area contributed by atoms with E-state index in [0.29, 0.717) is 5.69 Å². The summed E-state index contributed by atoms with van der Waals surface area (Å²) in [6.45, 7) is 3.54. The van der Waals surface area contributed by atoms with Crippen LogP contribution in [0.15, 0.2) is 36.9 Å². The molecule has 1 aromatic heterocycles. The number of hydrogen-bond acceptors (Lipinski definition) is 2. The average molecular weight is 233 g/mol. The molecule has 0 radical (unpaired) electrons. The van der Waals surface area contributed by atoms with E-state index in [4.69, 9.17) is 0 Å². The van der Waals surface area contributed by atoms with Gasteiger partial charge in [-0.2, -0.15) is 0 Å². The highest BCUT2D eigenvalue weighted by Crippen LogP contribution is 2.18. The minimum absolute atomic E-state index is 0.187. The van der Waals surface area contributed by atoms with Gasteiger partial charge in [0.1, 0.15) is 5.82 Å². The van der Waals surface area contributed by atoms with Gasteiger partial charge >= 0.3 is 0 Å². The molecule has 1 aromatic carbocycles. The van der Waals surface area contributed by atoms with Crippen molar-refractivity contribution in [1.29, 1.82) is 0 Å². The van der Waals surface area contributed by atoms with Gasteiger partial charge in [-0.1, -0.05) is 12.1 Å². The summed E-state index contributed by atoms with van der Waals surface area (Å²) < 4.78 is 15.5. The summed E-state index contributed by atoms with van der Waals surface area (Å²) in [5.74, 6) is -0.187. The number of hydrogen-bond donors (Lipinski definition) is 1. The summed E-state index contributed by atoms with van der Waals surface area (Å²) in [6, 6.07) is 5.10. The van der Waals surface area contributed by atoms with E-state index in [9.17, 15) is 4.39 Å². The standard InChI is InChI=1S/C13H16FN3/c1-11-4-2-5-12(14)13(11)16-6-3-8-17-9-7-15-10-17/h2,4-5,7,9-10,16H,3,6,8H2,1H3. The molecule has 0 aliphatic carbocycles. The predicted molar refractivity (Wildman–Crippen MR) is 66.5 cm³/mol. The van der Waals surface area contributed by atoms with Crippen LogP contribution < -0.4 is 5.32 Å². The second-order valence-corrected chi connectivity index (χ2v) is 4.01. The number of aromatic nitrogens is 2. The molecule has 0 unspecified atom stereocenters. The largest absolute Gasteiger partial charge is 0.382 e. The van der Waals surface area contributed by atoms with Gasteiger partial charge in [-0.3, -0.25) is 0 Å². The minimum atomic E-state index is -0.187. The zero-order valence-corrected chi connectivity index (χ0v) is 9.86. The van der Waals surface area contributed by atoms with Gasteiger partial charge in [0.2, 0.25) is 0 Å². The van der Waals surface area contributed by atoms with Crippen LogP contribution in [0, 0.1) is 12.7 Å². The maximum Gasteiger partial charge on any atom is 0.146 e. The molecule has 90 valence electrons. The molecule has 0 amide bonds. The van der Waals surface area contributed by atoms with Crippen LogP contribution >= 0.6 is 0 Å². The van der Waals surface area contributed by atoms with Gasteiger partial charge in [-0.05, 0) is 25.0 Å². The van der Waals surface area contributed by atoms with E-state index in [0.717, 1.165) is 25.1 Å². The third-order valence-corrected chi connectivity index (χ3v) is 2.68. The first-order valence-electron chi connectivity index (χ1n) is 5.72. The summed E-state index contributed by atoms with van der Waals surface area (Å²) in [4.78, 5) is 3.97. The highest BCUT2D eigenvalue weighted by Gasteiger charge is 2.03. The van der Waals surface area contributed by atoms with E-state index in [1.54, 1.807) is 18.6 Å². The molecular weight excluding hydrogens is 217 g/mol. The molecule has 0 fully saturated rings. The van der Waals surface area contributed by atoms with Crippen molar-refractivity contribution in [3.63, 3.8) is 0 Å². The molecule has 0 spiro atoms. The number of aryl methyl sites for hydroxylation is 2. The Balaban J connectivity index is 1.82. The zero-order chi connectivity index (χ0) is 12.1. The number of anilines is 1. The Bertz CT molecular complexity index is 445. The Morgan fingerprint density at radius 1 is 1.41 bits per heavy atom. The van der Waals surface area contributed by atoms with Crippen molar-refractivity contribution in [2.75, 3.05) is 11.9 Å². The van der Waals surface area contributed by atoms with Crippen LogP contribution in [0.1, 0.15) is 12.0 Å². The zero-order valence-electron chi connectivity index (χ0n) is 9.86. The van der Waals surface area contributed by atoms with E-state index >= 15 is 0 Å². The van der Waals surface area contributed by atoms with Crippen molar-refractivity contribution >= 4 is 5.69 Å². The van der Waals surface area contributed by atoms with Crippen LogP contribution in [0.3, 0.4) is 0 Å². The number of halogens is 1. The number of imidazole rings is 1. The lowest BCUT2D eigenvalue weighted by Gasteiger charge is -2.10. The van der Waals surface area contributed by atoms with Gasteiger partial charge in [0.05, 0.1) is 12.0 Å². The van der Waals surface area contributed by atoms with Gasteiger partial charge in [0, 0.05) is 25.5 Å². The lowest BCUT2D eigenvalue weighted by Crippen LogP contribution is -2.08. The highest BCUT2D eigenvalue weighted by atomic mass is 19.1. The average Bonchev–Trinajstić information content (AvgIpc) is 2.80. The molecule has 17 heavy (non-hydrogen) atoms. The summed E-state index contributed by atoms with van der Waals surface area (Å²) in [7, 11) is 0. The Hall–Kier alpha value is -1.84. The number of rotatable bonds is 5. The molecule has 4 heteroatoms. The van der Waals surface area contributed by atoms with Crippen molar-refractivity contribution in [3.8, 4) is 0 Å². The Kier molecular flexibility index (Phi) is 3.75. The minimum Gasteiger partial charge on any atom is -0.382 e. The SMILES string of the molecule is Cc1cccc(F)c1NCCCn1ccnc1. The molecule has 0 aliphatic rings. The summed E-state index contributed by atoms with van der Waals surface area (Å²) in [5.41, 5.74) is 1.55. The maximum atomic E-state index is 13.5. The third kappa shape index (κ3) is 3.06. The summed E-state index contributed by atoms with van der Waals surface area (Å²) in [5, 5.41) is 3.13. The number of nitrogens with one attached hydrogen (secondary N) is 1. The summed E-state index contributed by atoms with van der Waals surface area (Å²) in [6.07, 6.45) is 6.40. The van der Waals surface area contributed by atoms with Crippen molar-refractivity contribution in [3.05, 3.63) is 48.3 Å². The number of benzene rings is 1. The molecule has 1 N–H and O–H groups in total. The van der Waals surface area contributed by atoms with Crippen LogP contribution in [0.4, 0.5) is 10.1 Å². The van der Waals surface area contributed by atoms with Gasteiger partial charge in [0.25, 0.3) is 0 Å². The highest BCUT2D eigenvalue weighted by molar-refractivity contribution is 5.51. The Morgan fingerprint density at radius 3 is 3.00 bits per heavy atom. The second-order valence-electron chi connectivity index (χ2n) is 4.01. The maximum absolute atomic E-state index is 13.5. The molecular formula is C13H16FN3. The van der Waals surface area contributed by atoms with Gasteiger partial charge in [0.15, 0.2) is 0 Å². The Morgan fingerprint density at radius 2 is 2.29 bits per heavy atom. The van der Waals surface area contributed by atoms with Gasteiger partial charge in [-0.15, -0.1) is 0 Å². The molecule has 1 heterocycles. The van der Waals surface area contributed by atoms with Crippen molar-refractivity contribution in [2.45, 2.75) is 19.9 Å². The van der Waals surface area contributed by atoms with Crippen molar-refractivity contribution in [1.82, 2.24) is 9.55 Å². The lowest BCUT2D eigenvalue weighted by molar-refractivity contribution is 0.624. The first kappa shape index (κ1) is 11.6. The van der Waals surface area contributed by atoms with Crippen LogP contribution in [-0.2, 0) is 6.54 Å². The molecule has 0 bridgehead atoms. The van der Waals surface area contributed by atoms with Crippen LogP contribution in [-0.4, -0.2) is 16.1 Å². The van der Waals surface area contributed by atoms with Crippen LogP contribution in [0.25, 0.3) is 0 Å². The number of nitrogens with zero attached hydrogens (tertiary/aromatic N) is 2.